The number of fused-ring (bicyclic) bond motifs is 1. The van der Waals surface area contributed by atoms with Crippen molar-refractivity contribution >= 4 is 17.4 Å². The zero-order valence-corrected chi connectivity index (χ0v) is 12.4. The van der Waals surface area contributed by atoms with Gasteiger partial charge in [-0.3, -0.25) is 0 Å². The van der Waals surface area contributed by atoms with Crippen molar-refractivity contribution < 1.29 is 14.2 Å². The minimum atomic E-state index is 0.410. The third-order valence-corrected chi connectivity index (χ3v) is 3.83. The minimum Gasteiger partial charge on any atom is -0.486 e. The Hall–Kier alpha value is -2.15. The highest BCUT2D eigenvalue weighted by molar-refractivity contribution is 7.99. The third-order valence-electron chi connectivity index (χ3n) is 2.82. The maximum atomic E-state index is 6.03. The Kier molecular flexibility index (Phi) is 4.01. The number of nitrogen functional groups attached to an aromatic ring is 1. The predicted octanol–water partition coefficient (Wildman–Crippen LogP) is 2.38. The molecule has 0 saturated carbocycles. The lowest BCUT2D eigenvalue weighted by atomic mass is 10.3. The van der Waals surface area contributed by atoms with Crippen LogP contribution in [0.1, 0.15) is 6.92 Å². The van der Waals surface area contributed by atoms with Crippen LogP contribution >= 0.6 is 11.8 Å². The second kappa shape index (κ2) is 6.09. The number of nitrogens with two attached hydrogens (primary N) is 1. The third kappa shape index (κ3) is 2.97. The molecule has 0 fully saturated rings. The van der Waals surface area contributed by atoms with Gasteiger partial charge in [-0.1, -0.05) is 11.8 Å². The van der Waals surface area contributed by atoms with Gasteiger partial charge in [-0.2, -0.15) is 4.98 Å². The maximum absolute atomic E-state index is 6.03. The standard InChI is InChI=1S/C14H15N3O3S/c1-2-18-13-12(15)14(17-8-16-13)21-9-3-4-10-11(7-9)20-6-5-19-10/h3-4,7-8H,2,5-6,15H2,1H3. The molecule has 0 amide bonds. The smallest absolute Gasteiger partial charge is 0.241 e. The molecule has 3 rings (SSSR count). The van der Waals surface area contributed by atoms with Crippen molar-refractivity contribution in [1.29, 1.82) is 0 Å². The molecule has 2 N–H and O–H groups in total. The van der Waals surface area contributed by atoms with E-state index in [1.165, 1.54) is 18.1 Å². The van der Waals surface area contributed by atoms with E-state index < -0.39 is 0 Å². The fourth-order valence-electron chi connectivity index (χ4n) is 1.90. The van der Waals surface area contributed by atoms with Gasteiger partial charge in [-0.15, -0.1) is 0 Å². The monoisotopic (exact) mass is 305 g/mol. The number of anilines is 1. The number of hydrogen-bond acceptors (Lipinski definition) is 7. The number of rotatable bonds is 4. The first-order valence-electron chi connectivity index (χ1n) is 6.58. The van der Waals surface area contributed by atoms with Gasteiger partial charge in [0.2, 0.25) is 5.88 Å². The Morgan fingerprint density at radius 3 is 2.86 bits per heavy atom. The van der Waals surface area contributed by atoms with Gasteiger partial charge in [-0.25, -0.2) is 4.98 Å². The van der Waals surface area contributed by atoms with Gasteiger partial charge in [0.15, 0.2) is 11.5 Å². The lowest BCUT2D eigenvalue weighted by Gasteiger charge is -2.18. The van der Waals surface area contributed by atoms with E-state index in [-0.39, 0.29) is 0 Å². The van der Waals surface area contributed by atoms with Crippen LogP contribution < -0.4 is 19.9 Å². The highest BCUT2D eigenvalue weighted by atomic mass is 32.2. The summed E-state index contributed by atoms with van der Waals surface area (Å²) in [4.78, 5) is 9.19. The van der Waals surface area contributed by atoms with Gasteiger partial charge in [0.05, 0.1) is 6.61 Å². The molecule has 6 nitrogen and oxygen atoms in total. The van der Waals surface area contributed by atoms with E-state index in [0.29, 0.717) is 36.4 Å². The van der Waals surface area contributed by atoms with Gasteiger partial charge in [0.1, 0.15) is 30.3 Å². The molecule has 7 heteroatoms. The zero-order valence-electron chi connectivity index (χ0n) is 11.5. The molecular formula is C14H15N3O3S. The summed E-state index contributed by atoms with van der Waals surface area (Å²) in [5, 5.41) is 0.658. The molecule has 0 radical (unpaired) electrons. The molecule has 2 aromatic rings. The SMILES string of the molecule is CCOc1ncnc(Sc2ccc3c(c2)OCCO3)c1N. The number of aromatic nitrogens is 2. The number of benzene rings is 1. The van der Waals surface area contributed by atoms with Crippen molar-refractivity contribution in [3.05, 3.63) is 24.5 Å². The van der Waals surface area contributed by atoms with Crippen LogP contribution in [0.2, 0.25) is 0 Å². The highest BCUT2D eigenvalue weighted by Gasteiger charge is 2.14. The molecule has 1 aromatic carbocycles. The van der Waals surface area contributed by atoms with Crippen molar-refractivity contribution in [2.45, 2.75) is 16.8 Å². The molecule has 0 bridgehead atoms. The summed E-state index contributed by atoms with van der Waals surface area (Å²) in [6.45, 7) is 3.53. The van der Waals surface area contributed by atoms with Crippen LogP contribution in [-0.4, -0.2) is 29.8 Å². The van der Waals surface area contributed by atoms with E-state index in [4.69, 9.17) is 19.9 Å². The fraction of sp³-hybridized carbons (Fsp3) is 0.286. The van der Waals surface area contributed by atoms with E-state index >= 15 is 0 Å². The quantitative estimate of drug-likeness (QED) is 0.869. The van der Waals surface area contributed by atoms with Crippen LogP contribution in [0.15, 0.2) is 34.4 Å². The van der Waals surface area contributed by atoms with Crippen LogP contribution in [0.3, 0.4) is 0 Å². The predicted molar refractivity (Wildman–Crippen MR) is 79.2 cm³/mol. The Bertz CT molecular complexity index is 651. The molecule has 1 aliphatic heterocycles. The molecule has 0 unspecified atom stereocenters. The first kappa shape index (κ1) is 13.8. The van der Waals surface area contributed by atoms with Crippen LogP contribution in [0.25, 0.3) is 0 Å². The molecule has 0 aliphatic carbocycles. The number of hydrogen-bond donors (Lipinski definition) is 1. The lowest BCUT2D eigenvalue weighted by Crippen LogP contribution is -2.15. The van der Waals surface area contributed by atoms with E-state index in [0.717, 1.165) is 16.4 Å². The van der Waals surface area contributed by atoms with Crippen LogP contribution in [-0.2, 0) is 0 Å². The molecule has 1 aliphatic rings. The van der Waals surface area contributed by atoms with E-state index in [1.54, 1.807) is 0 Å². The van der Waals surface area contributed by atoms with Crippen LogP contribution in [0.5, 0.6) is 17.4 Å². The van der Waals surface area contributed by atoms with Crippen molar-refractivity contribution in [3.63, 3.8) is 0 Å². The molecule has 0 atom stereocenters. The molecule has 0 saturated heterocycles. The lowest BCUT2D eigenvalue weighted by molar-refractivity contribution is 0.171. The van der Waals surface area contributed by atoms with Gasteiger partial charge >= 0.3 is 0 Å². The summed E-state index contributed by atoms with van der Waals surface area (Å²) in [6, 6.07) is 5.75. The zero-order chi connectivity index (χ0) is 14.7. The van der Waals surface area contributed by atoms with Crippen LogP contribution in [0, 0.1) is 0 Å². The molecule has 21 heavy (non-hydrogen) atoms. The second-order valence-electron chi connectivity index (χ2n) is 4.24. The summed E-state index contributed by atoms with van der Waals surface area (Å²) in [6.07, 6.45) is 1.45. The molecule has 110 valence electrons. The van der Waals surface area contributed by atoms with E-state index in [1.807, 2.05) is 25.1 Å². The maximum Gasteiger partial charge on any atom is 0.241 e. The van der Waals surface area contributed by atoms with Crippen molar-refractivity contribution in [1.82, 2.24) is 9.97 Å². The Morgan fingerprint density at radius 2 is 2.05 bits per heavy atom. The van der Waals surface area contributed by atoms with Gasteiger partial charge in [0.25, 0.3) is 0 Å². The average molecular weight is 305 g/mol. The Labute approximate surface area is 126 Å². The van der Waals surface area contributed by atoms with Gasteiger partial charge in [-0.05, 0) is 25.1 Å². The first-order chi connectivity index (χ1) is 10.3. The summed E-state index contributed by atoms with van der Waals surface area (Å²) in [7, 11) is 0. The van der Waals surface area contributed by atoms with Gasteiger partial charge < -0.3 is 19.9 Å². The highest BCUT2D eigenvalue weighted by Crippen LogP contribution is 2.39. The van der Waals surface area contributed by atoms with Crippen molar-refractivity contribution in [2.24, 2.45) is 0 Å². The number of nitrogens with zero attached hydrogens (tertiary/aromatic N) is 2. The Morgan fingerprint density at radius 1 is 1.24 bits per heavy atom. The largest absolute Gasteiger partial charge is 0.486 e. The summed E-state index contributed by atoms with van der Waals surface area (Å²) in [5.74, 6) is 1.91. The van der Waals surface area contributed by atoms with E-state index in [9.17, 15) is 0 Å². The summed E-state index contributed by atoms with van der Waals surface area (Å²) in [5.41, 5.74) is 6.47. The molecule has 2 heterocycles. The first-order valence-corrected chi connectivity index (χ1v) is 7.40. The second-order valence-corrected chi connectivity index (χ2v) is 5.30. The van der Waals surface area contributed by atoms with Crippen molar-refractivity contribution in [2.75, 3.05) is 25.6 Å². The molecule has 1 aromatic heterocycles. The van der Waals surface area contributed by atoms with Crippen LogP contribution in [0.4, 0.5) is 5.69 Å². The Balaban J connectivity index is 1.85. The van der Waals surface area contributed by atoms with Gasteiger partial charge in [0, 0.05) is 4.90 Å². The average Bonchev–Trinajstić information content (AvgIpc) is 2.51. The fourth-order valence-corrected chi connectivity index (χ4v) is 2.72. The van der Waals surface area contributed by atoms with E-state index in [2.05, 4.69) is 9.97 Å². The summed E-state index contributed by atoms with van der Waals surface area (Å²) < 4.78 is 16.4. The molecule has 0 spiro atoms. The topological polar surface area (TPSA) is 79.5 Å². The van der Waals surface area contributed by atoms with Crippen molar-refractivity contribution in [3.8, 4) is 17.4 Å². The minimum absolute atomic E-state index is 0.410. The summed E-state index contributed by atoms with van der Waals surface area (Å²) >= 11 is 1.44. The molecular weight excluding hydrogens is 290 g/mol. The normalized spacial score (nSPS) is 13.0. The number of ether oxygens (including phenoxy) is 3.